The third-order valence-corrected chi connectivity index (χ3v) is 7.31. The van der Waals surface area contributed by atoms with Crippen molar-refractivity contribution in [3.8, 4) is 0 Å². The number of rotatable bonds is 11. The molecular weight excluding hydrogens is 472 g/mol. The zero-order valence-corrected chi connectivity index (χ0v) is 21.0. The maximum atomic E-state index is 10.9. The second-order valence-corrected chi connectivity index (χ2v) is 10.1. The molecule has 0 bridgehead atoms. The first-order valence-electron chi connectivity index (χ1n) is 10.7. The van der Waals surface area contributed by atoms with Gasteiger partial charge in [0.15, 0.2) is 5.05 Å². The van der Waals surface area contributed by atoms with Crippen molar-refractivity contribution >= 4 is 70.0 Å². The van der Waals surface area contributed by atoms with E-state index in [0.717, 1.165) is 39.8 Å². The quantitative estimate of drug-likeness (QED) is 0.182. The number of carbonyl (C=O) groups excluding carboxylic acids is 1. The van der Waals surface area contributed by atoms with Crippen molar-refractivity contribution < 1.29 is 9.90 Å². The number of halogens is 1. The van der Waals surface area contributed by atoms with Crippen LogP contribution in [-0.4, -0.2) is 51.5 Å². The minimum absolute atomic E-state index is 0.0124. The number of thiocarbonyl (C=S) groups is 1. The van der Waals surface area contributed by atoms with E-state index in [1.807, 2.05) is 85.7 Å². The number of fused-ring (bicyclic) bond motifs is 1. The van der Waals surface area contributed by atoms with Crippen molar-refractivity contribution in [1.29, 1.82) is 0 Å². The van der Waals surface area contributed by atoms with Crippen molar-refractivity contribution in [1.82, 2.24) is 9.88 Å². The lowest BCUT2D eigenvalue weighted by Crippen LogP contribution is -2.25. The summed E-state index contributed by atoms with van der Waals surface area (Å²) in [5.74, 6) is 0.548. The summed E-state index contributed by atoms with van der Waals surface area (Å²) >= 11 is 13.0. The molecule has 1 aromatic heterocycles. The second-order valence-electron chi connectivity index (χ2n) is 7.95. The largest absolute Gasteiger partial charge is 0.502 e. The Labute approximate surface area is 209 Å². The third-order valence-electron chi connectivity index (χ3n) is 5.32. The topological polar surface area (TPSA) is 53.4 Å². The molecule has 2 atom stereocenters. The molecule has 1 N–H and O–H groups in total. The molecule has 3 aromatic rings. The minimum atomic E-state index is -0.235. The Hall–Kier alpha value is -2.25. The molecule has 2 aromatic carbocycles. The molecule has 33 heavy (non-hydrogen) atoms. The van der Waals surface area contributed by atoms with Crippen LogP contribution in [0.1, 0.15) is 35.6 Å². The molecule has 3 rings (SSSR count). The molecule has 0 spiro atoms. The van der Waals surface area contributed by atoms with Crippen LogP contribution in [0.15, 0.2) is 54.6 Å². The monoisotopic (exact) mass is 498 g/mol. The van der Waals surface area contributed by atoms with E-state index in [1.165, 1.54) is 0 Å². The van der Waals surface area contributed by atoms with E-state index < -0.39 is 0 Å². The van der Waals surface area contributed by atoms with Crippen LogP contribution in [0.5, 0.6) is 0 Å². The van der Waals surface area contributed by atoms with Crippen molar-refractivity contribution in [2.75, 3.05) is 19.8 Å². The van der Waals surface area contributed by atoms with Gasteiger partial charge in [-0.15, -0.1) is 11.8 Å². The van der Waals surface area contributed by atoms with Crippen LogP contribution in [0, 0.1) is 0 Å². The average Bonchev–Trinajstić information content (AvgIpc) is 2.79. The molecule has 0 aliphatic heterocycles. The highest BCUT2D eigenvalue weighted by Gasteiger charge is 2.18. The highest BCUT2D eigenvalue weighted by Crippen LogP contribution is 2.27. The van der Waals surface area contributed by atoms with E-state index in [0.29, 0.717) is 17.9 Å². The number of aromatic nitrogens is 1. The van der Waals surface area contributed by atoms with Gasteiger partial charge in [0, 0.05) is 16.8 Å². The smallest absolute Gasteiger partial charge is 0.164 e. The number of aliphatic hydroxyl groups excluding tert-OH is 1. The SMILES string of the molecule is CN(C)C(CC=O)SCCC(C(O)=S)c1cccc(C=Cc2ccc3ccc(Cl)cc3n2)c1. The lowest BCUT2D eigenvalue weighted by atomic mass is 9.95. The zero-order chi connectivity index (χ0) is 23.8. The number of aldehydes is 1. The fourth-order valence-electron chi connectivity index (χ4n) is 3.52. The van der Waals surface area contributed by atoms with Crippen LogP contribution in [0.2, 0.25) is 5.02 Å². The van der Waals surface area contributed by atoms with Crippen molar-refractivity contribution in [2.24, 2.45) is 0 Å². The predicted octanol–water partition coefficient (Wildman–Crippen LogP) is 6.63. The molecule has 2 unspecified atom stereocenters. The summed E-state index contributed by atoms with van der Waals surface area (Å²) in [4.78, 5) is 17.6. The van der Waals surface area contributed by atoms with Crippen molar-refractivity contribution in [3.05, 3.63) is 76.4 Å². The molecule has 0 aliphatic carbocycles. The molecular formula is C26H27ClN2O2S2. The number of benzene rings is 2. The maximum absolute atomic E-state index is 10.9. The van der Waals surface area contributed by atoms with Gasteiger partial charge in [-0.25, -0.2) is 4.98 Å². The van der Waals surface area contributed by atoms with E-state index in [2.05, 4.69) is 4.98 Å². The van der Waals surface area contributed by atoms with Crippen LogP contribution in [0.3, 0.4) is 0 Å². The number of pyridine rings is 1. The van der Waals surface area contributed by atoms with Crippen LogP contribution in [0.25, 0.3) is 23.1 Å². The molecule has 0 fully saturated rings. The highest BCUT2D eigenvalue weighted by molar-refractivity contribution is 7.99. The Morgan fingerprint density at radius 2 is 1.97 bits per heavy atom. The lowest BCUT2D eigenvalue weighted by molar-refractivity contribution is -0.108. The predicted molar refractivity (Wildman–Crippen MR) is 145 cm³/mol. The van der Waals surface area contributed by atoms with Gasteiger partial charge in [0.05, 0.1) is 22.5 Å². The highest BCUT2D eigenvalue weighted by atomic mass is 35.5. The van der Waals surface area contributed by atoms with Gasteiger partial charge in [0.2, 0.25) is 0 Å². The molecule has 0 saturated carbocycles. The summed E-state index contributed by atoms with van der Waals surface area (Å²) < 4.78 is 0. The van der Waals surface area contributed by atoms with Crippen molar-refractivity contribution in [3.63, 3.8) is 0 Å². The van der Waals surface area contributed by atoms with Crippen LogP contribution in [-0.2, 0) is 4.79 Å². The van der Waals surface area contributed by atoms with Gasteiger partial charge in [0.25, 0.3) is 0 Å². The van der Waals surface area contributed by atoms with Gasteiger partial charge >= 0.3 is 0 Å². The van der Waals surface area contributed by atoms with Crippen LogP contribution < -0.4 is 0 Å². The van der Waals surface area contributed by atoms with Gasteiger partial charge in [-0.2, -0.15) is 0 Å². The summed E-state index contributed by atoms with van der Waals surface area (Å²) in [6, 6.07) is 17.7. The molecule has 4 nitrogen and oxygen atoms in total. The number of aliphatic hydroxyl groups is 1. The summed E-state index contributed by atoms with van der Waals surface area (Å²) in [6.45, 7) is 0. The van der Waals surface area contributed by atoms with Crippen LogP contribution >= 0.6 is 35.6 Å². The molecule has 0 saturated heterocycles. The number of hydrogen-bond donors (Lipinski definition) is 1. The summed E-state index contributed by atoms with van der Waals surface area (Å²) in [5, 5.41) is 12.0. The van der Waals surface area contributed by atoms with E-state index >= 15 is 0 Å². The summed E-state index contributed by atoms with van der Waals surface area (Å²) in [7, 11) is 3.92. The molecule has 0 radical (unpaired) electrons. The molecule has 7 heteroatoms. The minimum Gasteiger partial charge on any atom is -0.502 e. The molecule has 0 aliphatic rings. The summed E-state index contributed by atoms with van der Waals surface area (Å²) in [6.07, 6.45) is 6.08. The van der Waals surface area contributed by atoms with Crippen LogP contribution in [0.4, 0.5) is 0 Å². The van der Waals surface area contributed by atoms with Gasteiger partial charge < -0.3 is 9.90 Å². The molecule has 1 heterocycles. The Morgan fingerprint density at radius 3 is 2.70 bits per heavy atom. The Kier molecular flexibility index (Phi) is 9.44. The van der Waals surface area contributed by atoms with Gasteiger partial charge in [-0.3, -0.25) is 4.90 Å². The maximum Gasteiger partial charge on any atom is 0.164 e. The second kappa shape index (κ2) is 12.3. The van der Waals surface area contributed by atoms with E-state index in [4.69, 9.17) is 23.8 Å². The fraction of sp³-hybridized carbons (Fsp3) is 0.269. The average molecular weight is 499 g/mol. The number of hydrogen-bond acceptors (Lipinski definition) is 5. The van der Waals surface area contributed by atoms with E-state index in [1.54, 1.807) is 11.8 Å². The van der Waals surface area contributed by atoms with Gasteiger partial charge in [-0.05, 0) is 73.9 Å². The first kappa shape index (κ1) is 25.4. The van der Waals surface area contributed by atoms with Gasteiger partial charge in [0.1, 0.15) is 6.29 Å². The Bertz CT molecular complexity index is 1150. The first-order valence-corrected chi connectivity index (χ1v) is 12.5. The Balaban J connectivity index is 1.72. The summed E-state index contributed by atoms with van der Waals surface area (Å²) in [5.41, 5.74) is 3.67. The Morgan fingerprint density at radius 1 is 1.18 bits per heavy atom. The third kappa shape index (κ3) is 7.37. The fourth-order valence-corrected chi connectivity index (χ4v) is 5.10. The molecule has 172 valence electrons. The lowest BCUT2D eigenvalue weighted by Gasteiger charge is -2.23. The van der Waals surface area contributed by atoms with E-state index in [9.17, 15) is 9.90 Å². The van der Waals surface area contributed by atoms with Gasteiger partial charge in [-0.1, -0.05) is 54.1 Å². The zero-order valence-electron chi connectivity index (χ0n) is 18.6. The first-order chi connectivity index (χ1) is 15.9. The standard InChI is InChI=1S/C26H27ClN2O2S2/c1-29(2)25(12-14-30)33-15-13-23(26(31)32)20-5-3-4-18(16-20)6-10-22-11-8-19-7-9-21(27)17-24(19)28-22/h3-11,14,16-17,23,25H,12-13,15H2,1-2H3,(H,31,32). The van der Waals surface area contributed by atoms with Crippen molar-refractivity contribution in [2.45, 2.75) is 24.1 Å². The number of thioether (sulfide) groups is 1. The van der Waals surface area contributed by atoms with E-state index in [-0.39, 0.29) is 16.3 Å². The number of carbonyl (C=O) groups is 1. The molecule has 0 amide bonds. The normalized spacial score (nSPS) is 13.5. The number of nitrogens with zero attached hydrogens (tertiary/aromatic N) is 2.